The molecule has 0 saturated carbocycles. The third-order valence-electron chi connectivity index (χ3n) is 5.40. The third kappa shape index (κ3) is 5.41. The highest BCUT2D eigenvalue weighted by atomic mass is 32.1. The molecule has 2 aromatic heterocycles. The van der Waals surface area contributed by atoms with Crippen LogP contribution in [0.2, 0.25) is 0 Å². The van der Waals surface area contributed by atoms with Crippen molar-refractivity contribution in [1.82, 2.24) is 15.3 Å². The van der Waals surface area contributed by atoms with Gasteiger partial charge < -0.3 is 19.5 Å². The van der Waals surface area contributed by atoms with E-state index in [1.165, 1.54) is 11.3 Å². The van der Waals surface area contributed by atoms with Gasteiger partial charge in [-0.1, -0.05) is 54.6 Å². The number of hydrogen-bond acceptors (Lipinski definition) is 7. The van der Waals surface area contributed by atoms with E-state index in [1.807, 2.05) is 61.5 Å². The fourth-order valence-corrected chi connectivity index (χ4v) is 4.79. The van der Waals surface area contributed by atoms with Crippen LogP contribution in [0.4, 0.5) is 0 Å². The highest BCUT2D eigenvalue weighted by Gasteiger charge is 2.21. The van der Waals surface area contributed by atoms with Gasteiger partial charge in [-0.3, -0.25) is 4.79 Å². The van der Waals surface area contributed by atoms with Crippen molar-refractivity contribution < 1.29 is 19.0 Å². The van der Waals surface area contributed by atoms with Crippen LogP contribution in [0.1, 0.15) is 37.7 Å². The van der Waals surface area contributed by atoms with Gasteiger partial charge in [-0.2, -0.15) is 4.98 Å². The zero-order valence-corrected chi connectivity index (χ0v) is 20.3. The van der Waals surface area contributed by atoms with Gasteiger partial charge in [0.25, 0.3) is 5.91 Å². The summed E-state index contributed by atoms with van der Waals surface area (Å²) in [5, 5.41) is 3.80. The summed E-state index contributed by atoms with van der Waals surface area (Å²) in [7, 11) is 3.15. The van der Waals surface area contributed by atoms with E-state index in [-0.39, 0.29) is 12.5 Å². The molecule has 0 spiro atoms. The largest absolute Gasteiger partial charge is 0.480 e. The number of hydrogen-bond donors (Lipinski definition) is 1. The summed E-state index contributed by atoms with van der Waals surface area (Å²) >= 11 is 1.33. The monoisotopic (exact) mass is 477 g/mol. The lowest BCUT2D eigenvalue weighted by Crippen LogP contribution is -2.23. The van der Waals surface area contributed by atoms with Gasteiger partial charge in [0.05, 0.1) is 30.6 Å². The number of methoxy groups -OCH3 is 2. The second kappa shape index (κ2) is 11.2. The maximum atomic E-state index is 13.1. The Bertz CT molecular complexity index is 1270. The maximum absolute atomic E-state index is 13.1. The Balaban J connectivity index is 1.46. The fourth-order valence-electron chi connectivity index (χ4n) is 3.68. The summed E-state index contributed by atoms with van der Waals surface area (Å²) in [4.78, 5) is 23.3. The van der Waals surface area contributed by atoms with Gasteiger partial charge in [-0.15, -0.1) is 11.3 Å². The first-order valence-electron chi connectivity index (χ1n) is 10.9. The Labute approximate surface area is 202 Å². The lowest BCUT2D eigenvalue weighted by molar-refractivity contribution is 0.0951. The number of aryl methyl sites for hydroxylation is 1. The lowest BCUT2D eigenvalue weighted by Gasteiger charge is -2.11. The number of thiophene rings is 1. The van der Waals surface area contributed by atoms with Gasteiger partial charge in [0.15, 0.2) is 5.82 Å². The predicted octanol–water partition coefficient (Wildman–Crippen LogP) is 4.80. The highest BCUT2D eigenvalue weighted by Crippen LogP contribution is 2.35. The van der Waals surface area contributed by atoms with Gasteiger partial charge in [0.2, 0.25) is 5.88 Å². The Morgan fingerprint density at radius 1 is 0.941 bits per heavy atom. The van der Waals surface area contributed by atoms with Crippen LogP contribution in [0.3, 0.4) is 0 Å². The van der Waals surface area contributed by atoms with E-state index < -0.39 is 0 Å². The maximum Gasteiger partial charge on any atom is 0.261 e. The molecule has 0 aliphatic rings. The number of benzene rings is 2. The smallest absolute Gasteiger partial charge is 0.261 e. The molecule has 0 aliphatic heterocycles. The number of nitrogens with zero attached hydrogens (tertiary/aromatic N) is 2. The molecule has 0 aliphatic carbocycles. The average molecular weight is 478 g/mol. The van der Waals surface area contributed by atoms with E-state index in [4.69, 9.17) is 14.2 Å². The molecule has 0 fully saturated rings. The molecule has 4 rings (SSSR count). The second-order valence-electron chi connectivity index (χ2n) is 7.75. The molecule has 1 amide bonds. The quantitative estimate of drug-likeness (QED) is 0.353. The molecule has 0 radical (unpaired) electrons. The van der Waals surface area contributed by atoms with Crippen LogP contribution >= 0.6 is 11.3 Å². The Morgan fingerprint density at radius 3 is 2.41 bits per heavy atom. The van der Waals surface area contributed by atoms with Crippen molar-refractivity contribution >= 4 is 27.5 Å². The molecule has 0 atom stereocenters. The number of carbonyl (C=O) groups excluding carboxylic acids is 1. The standard InChI is InChI=1S/C26H27N3O4S/c1-17-22-25(32-3)28-21(16-31-2)29-26(22)34-23(17)24(30)27-13-19-11-7-8-12-20(19)15-33-14-18-9-5-4-6-10-18/h4-12H,13-16H2,1-3H3,(H,27,30). The number of amides is 1. The normalized spacial score (nSPS) is 11.0. The molecule has 0 bridgehead atoms. The molecular formula is C26H27N3O4S. The van der Waals surface area contributed by atoms with Crippen molar-refractivity contribution in [2.45, 2.75) is 33.3 Å². The predicted molar refractivity (Wildman–Crippen MR) is 132 cm³/mol. The van der Waals surface area contributed by atoms with Crippen LogP contribution in [-0.4, -0.2) is 30.1 Å². The topological polar surface area (TPSA) is 82.6 Å². The van der Waals surface area contributed by atoms with Crippen LogP contribution < -0.4 is 10.1 Å². The number of ether oxygens (including phenoxy) is 3. The highest BCUT2D eigenvalue weighted by molar-refractivity contribution is 7.20. The van der Waals surface area contributed by atoms with Crippen molar-refractivity contribution in [3.8, 4) is 5.88 Å². The fraction of sp³-hybridized carbons (Fsp3) is 0.269. The van der Waals surface area contributed by atoms with Crippen LogP contribution in [0, 0.1) is 6.92 Å². The lowest BCUT2D eigenvalue weighted by atomic mass is 10.1. The van der Waals surface area contributed by atoms with E-state index >= 15 is 0 Å². The summed E-state index contributed by atoms with van der Waals surface area (Å²) in [5.41, 5.74) is 3.99. The van der Waals surface area contributed by atoms with E-state index in [9.17, 15) is 4.79 Å². The number of nitrogens with one attached hydrogen (secondary N) is 1. The van der Waals surface area contributed by atoms with Crippen molar-refractivity contribution in [3.05, 3.63) is 87.6 Å². The SMILES string of the molecule is COCc1nc(OC)c2c(C)c(C(=O)NCc3ccccc3COCc3ccccc3)sc2n1. The number of fused-ring (bicyclic) bond motifs is 1. The molecular weight excluding hydrogens is 450 g/mol. The van der Waals surface area contributed by atoms with Gasteiger partial charge in [-0.25, -0.2) is 4.98 Å². The summed E-state index contributed by atoms with van der Waals surface area (Å²) in [6.07, 6.45) is 0. The molecule has 2 heterocycles. The molecule has 8 heteroatoms. The van der Waals surface area contributed by atoms with Crippen molar-refractivity contribution in [2.75, 3.05) is 14.2 Å². The van der Waals surface area contributed by atoms with Gasteiger partial charge >= 0.3 is 0 Å². The van der Waals surface area contributed by atoms with Crippen molar-refractivity contribution in [1.29, 1.82) is 0 Å². The Morgan fingerprint density at radius 2 is 1.68 bits per heavy atom. The minimum Gasteiger partial charge on any atom is -0.480 e. The van der Waals surface area contributed by atoms with E-state index in [0.29, 0.717) is 41.2 Å². The van der Waals surface area contributed by atoms with Gasteiger partial charge in [-0.05, 0) is 29.2 Å². The van der Waals surface area contributed by atoms with Crippen LogP contribution in [-0.2, 0) is 35.8 Å². The minimum atomic E-state index is -0.157. The Kier molecular flexibility index (Phi) is 7.84. The zero-order chi connectivity index (χ0) is 23.9. The molecule has 0 unspecified atom stereocenters. The zero-order valence-electron chi connectivity index (χ0n) is 19.5. The third-order valence-corrected chi connectivity index (χ3v) is 6.59. The first-order chi connectivity index (χ1) is 16.6. The van der Waals surface area contributed by atoms with Crippen molar-refractivity contribution in [2.24, 2.45) is 0 Å². The molecule has 1 N–H and O–H groups in total. The average Bonchev–Trinajstić information content (AvgIpc) is 3.20. The molecule has 176 valence electrons. The summed E-state index contributed by atoms with van der Waals surface area (Å²) < 4.78 is 16.5. The second-order valence-corrected chi connectivity index (χ2v) is 8.75. The van der Waals surface area contributed by atoms with E-state index in [1.54, 1.807) is 14.2 Å². The number of aromatic nitrogens is 2. The van der Waals surface area contributed by atoms with Gasteiger partial charge in [0, 0.05) is 13.7 Å². The molecule has 4 aromatic rings. The summed E-state index contributed by atoms with van der Waals surface area (Å²) in [6, 6.07) is 18.0. The minimum absolute atomic E-state index is 0.157. The number of rotatable bonds is 10. The molecule has 0 saturated heterocycles. The number of carbonyl (C=O) groups is 1. The van der Waals surface area contributed by atoms with Crippen LogP contribution in [0.5, 0.6) is 5.88 Å². The van der Waals surface area contributed by atoms with E-state index in [2.05, 4.69) is 15.3 Å². The van der Waals surface area contributed by atoms with Crippen LogP contribution in [0.15, 0.2) is 54.6 Å². The van der Waals surface area contributed by atoms with Gasteiger partial charge in [0.1, 0.15) is 11.4 Å². The van der Waals surface area contributed by atoms with E-state index in [0.717, 1.165) is 27.6 Å². The first kappa shape index (κ1) is 23.8. The first-order valence-corrected chi connectivity index (χ1v) is 11.7. The van der Waals surface area contributed by atoms with Crippen LogP contribution in [0.25, 0.3) is 10.2 Å². The Hall–Kier alpha value is -3.33. The molecule has 7 nitrogen and oxygen atoms in total. The summed E-state index contributed by atoms with van der Waals surface area (Å²) in [6.45, 7) is 3.57. The summed E-state index contributed by atoms with van der Waals surface area (Å²) in [5.74, 6) is 0.811. The molecule has 34 heavy (non-hydrogen) atoms. The van der Waals surface area contributed by atoms with Crippen molar-refractivity contribution in [3.63, 3.8) is 0 Å². The molecule has 2 aromatic carbocycles.